The van der Waals surface area contributed by atoms with Gasteiger partial charge in [0.2, 0.25) is 0 Å². The van der Waals surface area contributed by atoms with Crippen LogP contribution < -0.4 is 0 Å². The van der Waals surface area contributed by atoms with Gasteiger partial charge in [-0.1, -0.05) is 31.5 Å². The molecule has 0 N–H and O–H groups in total. The fourth-order valence-corrected chi connectivity index (χ4v) is 1.22. The van der Waals surface area contributed by atoms with E-state index >= 15 is 0 Å². The van der Waals surface area contributed by atoms with Crippen LogP contribution in [0.25, 0.3) is 0 Å². The fraction of sp³-hybridized carbons (Fsp3) is 0.364. The molecule has 0 aliphatic heterocycles. The Morgan fingerprint density at radius 3 is 2.64 bits per heavy atom. The van der Waals surface area contributed by atoms with Gasteiger partial charge in [-0.15, -0.1) is 0 Å². The molecule has 1 nitrogen and oxygen atoms in total. The summed E-state index contributed by atoms with van der Waals surface area (Å²) in [7, 11) is 0. The summed E-state index contributed by atoms with van der Waals surface area (Å²) in [6.45, 7) is 3.60. The van der Waals surface area contributed by atoms with Crippen molar-refractivity contribution in [2.24, 2.45) is 5.92 Å². The highest BCUT2D eigenvalue weighted by Crippen LogP contribution is 2.16. The Bertz CT molecular complexity index is 347. The van der Waals surface area contributed by atoms with Crippen LogP contribution >= 0.6 is 11.6 Å². The zero-order valence-corrected chi connectivity index (χ0v) is 8.94. The lowest BCUT2D eigenvalue weighted by molar-refractivity contribution is -0.121. The van der Waals surface area contributed by atoms with E-state index in [1.165, 1.54) is 6.07 Å². The number of benzene rings is 1. The van der Waals surface area contributed by atoms with Crippen LogP contribution in [0.4, 0.5) is 4.39 Å². The molecule has 3 heteroatoms. The third-order valence-corrected chi connectivity index (χ3v) is 2.26. The predicted octanol–water partition coefficient (Wildman–Crippen LogP) is 3.25. The minimum absolute atomic E-state index is 0.0335. The van der Waals surface area contributed by atoms with E-state index in [9.17, 15) is 9.18 Å². The first kappa shape index (κ1) is 11.2. The zero-order chi connectivity index (χ0) is 10.7. The van der Waals surface area contributed by atoms with E-state index in [2.05, 4.69) is 0 Å². The number of halogens is 2. The van der Waals surface area contributed by atoms with E-state index < -0.39 is 5.82 Å². The third kappa shape index (κ3) is 2.81. The van der Waals surface area contributed by atoms with Crippen LogP contribution in [0.2, 0.25) is 5.02 Å². The number of Topliss-reactive ketones (excluding diaryl/α,β-unsaturated/α-hetero) is 1. The van der Waals surface area contributed by atoms with Crippen LogP contribution in [0.1, 0.15) is 19.4 Å². The summed E-state index contributed by atoms with van der Waals surface area (Å²) in [5, 5.41) is 0.350. The average molecular weight is 215 g/mol. The molecule has 0 aromatic heterocycles. The number of hydrogen-bond acceptors (Lipinski definition) is 1. The van der Waals surface area contributed by atoms with Crippen molar-refractivity contribution in [3.8, 4) is 0 Å². The largest absolute Gasteiger partial charge is 0.299 e. The summed E-state index contributed by atoms with van der Waals surface area (Å²) in [6, 6.07) is 4.37. The molecule has 0 atom stereocenters. The Labute approximate surface area is 87.9 Å². The summed E-state index contributed by atoms with van der Waals surface area (Å²) in [5.74, 6) is -0.442. The number of ketones is 1. The molecule has 0 fully saturated rings. The van der Waals surface area contributed by atoms with E-state index in [0.717, 1.165) is 0 Å². The maximum Gasteiger partial charge on any atom is 0.139 e. The van der Waals surface area contributed by atoms with Gasteiger partial charge in [0.05, 0.1) is 0 Å². The zero-order valence-electron chi connectivity index (χ0n) is 8.18. The minimum Gasteiger partial charge on any atom is -0.299 e. The number of carbonyl (C=O) groups is 1. The van der Waals surface area contributed by atoms with Gasteiger partial charge in [0.1, 0.15) is 11.6 Å². The molecular formula is C11H12ClFO. The molecule has 1 aromatic rings. The molecule has 0 amide bonds. The number of hydrogen-bond donors (Lipinski definition) is 0. The van der Waals surface area contributed by atoms with Crippen molar-refractivity contribution in [2.75, 3.05) is 0 Å². The van der Waals surface area contributed by atoms with Crippen molar-refractivity contribution in [2.45, 2.75) is 20.3 Å². The normalized spacial score (nSPS) is 10.6. The van der Waals surface area contributed by atoms with Gasteiger partial charge in [0.25, 0.3) is 0 Å². The summed E-state index contributed by atoms with van der Waals surface area (Å²) in [6.07, 6.45) is 0.140. The Morgan fingerprint density at radius 2 is 2.14 bits per heavy atom. The summed E-state index contributed by atoms with van der Waals surface area (Å²) in [4.78, 5) is 11.3. The van der Waals surface area contributed by atoms with E-state index in [1.54, 1.807) is 26.0 Å². The van der Waals surface area contributed by atoms with Gasteiger partial charge in [0.15, 0.2) is 0 Å². The average Bonchev–Trinajstić information content (AvgIpc) is 2.09. The molecule has 0 aliphatic carbocycles. The molecule has 1 aromatic carbocycles. The first-order valence-corrected chi connectivity index (χ1v) is 4.85. The third-order valence-electron chi connectivity index (χ3n) is 2.02. The van der Waals surface area contributed by atoms with E-state index in [4.69, 9.17) is 11.6 Å². The van der Waals surface area contributed by atoms with Crippen LogP contribution in [0.15, 0.2) is 18.2 Å². The van der Waals surface area contributed by atoms with Crippen LogP contribution in [0.5, 0.6) is 0 Å². The molecule has 0 bridgehead atoms. The van der Waals surface area contributed by atoms with Crippen molar-refractivity contribution in [3.63, 3.8) is 0 Å². The van der Waals surface area contributed by atoms with E-state index in [-0.39, 0.29) is 18.1 Å². The van der Waals surface area contributed by atoms with E-state index in [0.29, 0.717) is 10.6 Å². The molecule has 0 radical (unpaired) electrons. The standard InChI is InChI=1S/C11H12ClFO/c1-7(2)11(14)5-8-3-4-9(12)6-10(8)13/h3-4,6-7H,5H2,1-2H3. The lowest BCUT2D eigenvalue weighted by Gasteiger charge is -2.05. The maximum absolute atomic E-state index is 13.2. The quantitative estimate of drug-likeness (QED) is 0.755. The summed E-state index contributed by atoms with van der Waals surface area (Å²) < 4.78 is 13.2. The van der Waals surface area contributed by atoms with Crippen molar-refractivity contribution in [3.05, 3.63) is 34.6 Å². The summed E-state index contributed by atoms with van der Waals surface area (Å²) >= 11 is 5.59. The first-order valence-electron chi connectivity index (χ1n) is 4.47. The number of rotatable bonds is 3. The van der Waals surface area contributed by atoms with Gasteiger partial charge in [-0.25, -0.2) is 4.39 Å². The van der Waals surface area contributed by atoms with Gasteiger partial charge in [0, 0.05) is 17.4 Å². The molecule has 0 saturated heterocycles. The molecule has 0 heterocycles. The second-order valence-electron chi connectivity index (χ2n) is 3.53. The molecule has 0 spiro atoms. The van der Waals surface area contributed by atoms with Crippen molar-refractivity contribution in [1.29, 1.82) is 0 Å². The van der Waals surface area contributed by atoms with Crippen molar-refractivity contribution in [1.82, 2.24) is 0 Å². The SMILES string of the molecule is CC(C)C(=O)Cc1ccc(Cl)cc1F. The van der Waals surface area contributed by atoms with Crippen LogP contribution in [-0.2, 0) is 11.2 Å². The minimum atomic E-state index is -0.411. The van der Waals surface area contributed by atoms with Gasteiger partial charge in [-0.2, -0.15) is 0 Å². The fourth-order valence-electron chi connectivity index (χ4n) is 1.06. The highest BCUT2D eigenvalue weighted by Gasteiger charge is 2.11. The van der Waals surface area contributed by atoms with Crippen molar-refractivity contribution < 1.29 is 9.18 Å². The second kappa shape index (κ2) is 4.56. The lowest BCUT2D eigenvalue weighted by atomic mass is 10.0. The van der Waals surface area contributed by atoms with Crippen molar-refractivity contribution >= 4 is 17.4 Å². The van der Waals surface area contributed by atoms with Gasteiger partial charge >= 0.3 is 0 Å². The van der Waals surface area contributed by atoms with Crippen LogP contribution in [0.3, 0.4) is 0 Å². The monoisotopic (exact) mass is 214 g/mol. The topological polar surface area (TPSA) is 17.1 Å². The Hall–Kier alpha value is -0.890. The smallest absolute Gasteiger partial charge is 0.139 e. The maximum atomic E-state index is 13.2. The highest BCUT2D eigenvalue weighted by atomic mass is 35.5. The van der Waals surface area contributed by atoms with Crippen LogP contribution in [-0.4, -0.2) is 5.78 Å². The Kier molecular flexibility index (Phi) is 3.64. The number of carbonyl (C=O) groups excluding carboxylic acids is 1. The Morgan fingerprint density at radius 1 is 1.50 bits per heavy atom. The lowest BCUT2D eigenvalue weighted by Crippen LogP contribution is -2.11. The molecule has 0 saturated carbocycles. The highest BCUT2D eigenvalue weighted by molar-refractivity contribution is 6.30. The molecular weight excluding hydrogens is 203 g/mol. The van der Waals surface area contributed by atoms with Crippen LogP contribution in [0, 0.1) is 11.7 Å². The molecule has 0 unspecified atom stereocenters. The van der Waals surface area contributed by atoms with Gasteiger partial charge in [-0.3, -0.25) is 4.79 Å². The molecule has 0 aliphatic rings. The van der Waals surface area contributed by atoms with E-state index in [1.807, 2.05) is 0 Å². The molecule has 76 valence electrons. The summed E-state index contributed by atoms with van der Waals surface area (Å²) in [5.41, 5.74) is 0.410. The van der Waals surface area contributed by atoms with Gasteiger partial charge in [-0.05, 0) is 17.7 Å². The molecule has 14 heavy (non-hydrogen) atoms. The molecule has 1 rings (SSSR count). The first-order chi connectivity index (χ1) is 6.50. The Balaban J connectivity index is 2.82. The van der Waals surface area contributed by atoms with Gasteiger partial charge < -0.3 is 0 Å². The second-order valence-corrected chi connectivity index (χ2v) is 3.97. The predicted molar refractivity (Wildman–Crippen MR) is 55.0 cm³/mol.